The molecular formula is C82H161NO5. The van der Waals surface area contributed by atoms with Crippen molar-refractivity contribution >= 4 is 11.9 Å². The van der Waals surface area contributed by atoms with Gasteiger partial charge in [-0.2, -0.15) is 0 Å². The Hall–Kier alpha value is -1.40. The van der Waals surface area contributed by atoms with E-state index in [2.05, 4.69) is 19.2 Å². The van der Waals surface area contributed by atoms with Gasteiger partial charge in [0.2, 0.25) is 5.91 Å². The van der Waals surface area contributed by atoms with Gasteiger partial charge in [-0.15, -0.1) is 0 Å². The van der Waals surface area contributed by atoms with Gasteiger partial charge < -0.3 is 20.3 Å². The molecule has 0 saturated heterocycles. The summed E-state index contributed by atoms with van der Waals surface area (Å²) in [6, 6.07) is -0.627. The van der Waals surface area contributed by atoms with Gasteiger partial charge >= 0.3 is 5.97 Å². The quantitative estimate of drug-likeness (QED) is 0.0320. The van der Waals surface area contributed by atoms with E-state index in [-0.39, 0.29) is 18.5 Å². The molecule has 0 saturated carbocycles. The van der Waals surface area contributed by atoms with Crippen LogP contribution in [0.3, 0.4) is 0 Å². The largest absolute Gasteiger partial charge is 0.466 e. The first-order valence-electron chi connectivity index (χ1n) is 41.0. The van der Waals surface area contributed by atoms with Crippen LogP contribution in [0.1, 0.15) is 476 Å². The first-order valence-corrected chi connectivity index (χ1v) is 41.0. The van der Waals surface area contributed by atoms with Crippen molar-refractivity contribution in [3.63, 3.8) is 0 Å². The minimum atomic E-state index is -0.844. The number of aliphatic hydroxyl groups excluding tert-OH is 2. The molecule has 0 radical (unpaired) electrons. The zero-order valence-corrected chi connectivity index (χ0v) is 60.3. The van der Waals surface area contributed by atoms with Crippen molar-refractivity contribution < 1.29 is 24.5 Å². The molecule has 0 aliphatic rings. The zero-order valence-electron chi connectivity index (χ0n) is 60.3. The normalized spacial score (nSPS) is 12.5. The Morgan fingerprint density at radius 3 is 0.773 bits per heavy atom. The van der Waals surface area contributed by atoms with Crippen molar-refractivity contribution in [1.82, 2.24) is 5.32 Å². The van der Waals surface area contributed by atoms with E-state index in [1.807, 2.05) is 6.08 Å². The summed E-state index contributed by atoms with van der Waals surface area (Å²) in [6.07, 6.45) is 99.1. The Morgan fingerprint density at radius 2 is 0.523 bits per heavy atom. The molecule has 2 unspecified atom stereocenters. The van der Waals surface area contributed by atoms with Gasteiger partial charge in [0.15, 0.2) is 0 Å². The number of allylic oxidation sites excluding steroid dienone is 1. The molecule has 1 amide bonds. The fourth-order valence-electron chi connectivity index (χ4n) is 13.3. The van der Waals surface area contributed by atoms with Gasteiger partial charge in [0.1, 0.15) is 0 Å². The second kappa shape index (κ2) is 78.0. The number of hydrogen-bond acceptors (Lipinski definition) is 5. The van der Waals surface area contributed by atoms with E-state index in [1.54, 1.807) is 6.08 Å². The second-order valence-electron chi connectivity index (χ2n) is 28.5. The number of nitrogens with one attached hydrogen (secondary N) is 1. The smallest absolute Gasteiger partial charge is 0.305 e. The predicted octanol–water partition coefficient (Wildman–Crippen LogP) is 27.1. The minimum absolute atomic E-state index is 0.0241. The van der Waals surface area contributed by atoms with Crippen LogP contribution in [0.4, 0.5) is 0 Å². The lowest BCUT2D eigenvalue weighted by atomic mass is 10.0. The number of unbranched alkanes of at least 4 members (excludes halogenated alkanes) is 67. The molecule has 0 aromatic carbocycles. The van der Waals surface area contributed by atoms with Crippen LogP contribution < -0.4 is 5.32 Å². The Labute approximate surface area is 552 Å². The molecule has 88 heavy (non-hydrogen) atoms. The monoisotopic (exact) mass is 1240 g/mol. The minimum Gasteiger partial charge on any atom is -0.466 e. The number of hydrogen-bond donors (Lipinski definition) is 3. The number of esters is 1. The van der Waals surface area contributed by atoms with Crippen LogP contribution in [0.15, 0.2) is 12.2 Å². The maximum absolute atomic E-state index is 12.6. The van der Waals surface area contributed by atoms with E-state index >= 15 is 0 Å². The van der Waals surface area contributed by atoms with E-state index in [4.69, 9.17) is 4.74 Å². The van der Waals surface area contributed by atoms with Gasteiger partial charge in [-0.05, 0) is 32.1 Å². The van der Waals surface area contributed by atoms with Gasteiger partial charge in [-0.25, -0.2) is 0 Å². The van der Waals surface area contributed by atoms with Crippen molar-refractivity contribution in [2.75, 3.05) is 13.2 Å². The Balaban J connectivity index is 3.35. The molecule has 0 aromatic heterocycles. The third kappa shape index (κ3) is 73.6. The van der Waals surface area contributed by atoms with Crippen molar-refractivity contribution in [3.8, 4) is 0 Å². The molecule has 0 aliphatic carbocycles. The Morgan fingerprint density at radius 1 is 0.307 bits per heavy atom. The molecule has 0 rings (SSSR count). The van der Waals surface area contributed by atoms with Crippen LogP contribution in [0.2, 0.25) is 0 Å². The zero-order chi connectivity index (χ0) is 63.5. The molecule has 3 N–H and O–H groups in total. The second-order valence-corrected chi connectivity index (χ2v) is 28.5. The van der Waals surface area contributed by atoms with Crippen molar-refractivity contribution in [3.05, 3.63) is 12.2 Å². The van der Waals surface area contributed by atoms with Crippen LogP contribution in [0.5, 0.6) is 0 Å². The average Bonchev–Trinajstić information content (AvgIpc) is 3.58. The molecule has 0 bridgehead atoms. The summed E-state index contributed by atoms with van der Waals surface area (Å²) in [5.74, 6) is -0.0351. The van der Waals surface area contributed by atoms with E-state index in [0.29, 0.717) is 19.4 Å². The predicted molar refractivity (Wildman–Crippen MR) is 389 cm³/mol. The summed E-state index contributed by atoms with van der Waals surface area (Å²) in [7, 11) is 0. The average molecular weight is 1240 g/mol. The number of ether oxygens (including phenoxy) is 1. The van der Waals surface area contributed by atoms with Crippen molar-refractivity contribution in [1.29, 1.82) is 0 Å². The maximum atomic E-state index is 12.6. The molecule has 0 heterocycles. The molecule has 0 aliphatic heterocycles. The highest BCUT2D eigenvalue weighted by Crippen LogP contribution is 2.21. The summed E-state index contributed by atoms with van der Waals surface area (Å²) in [5.41, 5.74) is 0. The highest BCUT2D eigenvalue weighted by Gasteiger charge is 2.18. The maximum Gasteiger partial charge on any atom is 0.305 e. The highest BCUT2D eigenvalue weighted by molar-refractivity contribution is 5.76. The summed E-state index contributed by atoms with van der Waals surface area (Å²) in [5, 5.41) is 23.3. The van der Waals surface area contributed by atoms with Gasteiger partial charge in [0, 0.05) is 12.8 Å². The van der Waals surface area contributed by atoms with Crippen LogP contribution >= 0.6 is 0 Å². The van der Waals surface area contributed by atoms with E-state index in [1.165, 1.54) is 411 Å². The van der Waals surface area contributed by atoms with E-state index < -0.39 is 12.1 Å². The fraction of sp³-hybridized carbons (Fsp3) is 0.951. The molecule has 6 heteroatoms. The third-order valence-corrected chi connectivity index (χ3v) is 19.6. The van der Waals surface area contributed by atoms with Gasteiger partial charge in [0.05, 0.1) is 25.4 Å². The molecule has 0 fully saturated rings. The molecule has 0 spiro atoms. The lowest BCUT2D eigenvalue weighted by Gasteiger charge is -2.20. The molecule has 2 atom stereocenters. The van der Waals surface area contributed by atoms with Crippen molar-refractivity contribution in [2.24, 2.45) is 0 Å². The van der Waals surface area contributed by atoms with E-state index in [0.717, 1.165) is 38.5 Å². The molecular weight excluding hydrogens is 1080 g/mol. The molecule has 6 nitrogen and oxygen atoms in total. The lowest BCUT2D eigenvalue weighted by Crippen LogP contribution is -2.45. The summed E-state index contributed by atoms with van der Waals surface area (Å²) in [4.78, 5) is 24.7. The summed E-state index contributed by atoms with van der Waals surface area (Å²) in [6.45, 7) is 4.97. The number of carbonyl (C=O) groups excluding carboxylic acids is 2. The van der Waals surface area contributed by atoms with E-state index in [9.17, 15) is 19.8 Å². The molecule has 524 valence electrons. The summed E-state index contributed by atoms with van der Waals surface area (Å²) >= 11 is 0. The summed E-state index contributed by atoms with van der Waals surface area (Å²) < 4.78 is 5.52. The van der Waals surface area contributed by atoms with Crippen LogP contribution in [-0.2, 0) is 14.3 Å². The van der Waals surface area contributed by atoms with Crippen LogP contribution in [-0.4, -0.2) is 47.4 Å². The topological polar surface area (TPSA) is 95.9 Å². The molecule has 0 aromatic rings. The number of amides is 1. The first-order chi connectivity index (χ1) is 43.5. The SMILES string of the molecule is CCCCCCCCCCCCCCCCCCCCCCCCC/C=C/C(O)C(CO)NC(=O)CCCCCCCCCCCCCCCCCCCCCCCCCCCCCOC(=O)CCCCCCCCCCCCCCCCCCCCC. The standard InChI is InChI=1S/C82H161NO5/c1-3-5-7-9-11-13-15-17-19-21-23-24-25-29-32-35-39-42-46-50-54-58-62-66-70-74-80(85)79(78-84)83-81(86)75-71-67-63-59-55-51-47-43-40-36-33-30-27-26-28-31-34-37-41-45-49-53-57-61-65-69-73-77-88-82(87)76-72-68-64-60-56-52-48-44-38-22-20-18-16-14-12-10-8-6-4-2/h70,74,79-80,84-85H,3-69,71-73,75-78H2,1-2H3,(H,83,86)/b74-70+. The van der Waals surface area contributed by atoms with Crippen molar-refractivity contribution in [2.45, 2.75) is 488 Å². The number of carbonyl (C=O) groups is 2. The van der Waals surface area contributed by atoms with Gasteiger partial charge in [-0.3, -0.25) is 9.59 Å². The van der Waals surface area contributed by atoms with Gasteiger partial charge in [-0.1, -0.05) is 443 Å². The van der Waals surface area contributed by atoms with Crippen LogP contribution in [0, 0.1) is 0 Å². The number of aliphatic hydroxyl groups is 2. The van der Waals surface area contributed by atoms with Gasteiger partial charge in [0.25, 0.3) is 0 Å². The fourth-order valence-corrected chi connectivity index (χ4v) is 13.3. The van der Waals surface area contributed by atoms with Crippen LogP contribution in [0.25, 0.3) is 0 Å². The Kier molecular flexibility index (Phi) is 76.8. The third-order valence-electron chi connectivity index (χ3n) is 19.6. The Bertz CT molecular complexity index is 1340. The highest BCUT2D eigenvalue weighted by atomic mass is 16.5. The lowest BCUT2D eigenvalue weighted by molar-refractivity contribution is -0.143. The number of rotatable bonds is 78. The first kappa shape index (κ1) is 86.6.